The molecule has 4 heterocycles. The number of ketones is 3. The molecule has 7 aliphatic rings. The second kappa shape index (κ2) is 17.6. The highest BCUT2D eigenvalue weighted by molar-refractivity contribution is 6.16. The number of methoxy groups -OCH3 is 1. The van der Waals surface area contributed by atoms with Crippen LogP contribution < -0.4 is 0 Å². The van der Waals surface area contributed by atoms with Gasteiger partial charge in [0, 0.05) is 40.0 Å². The number of allylic oxidation sites excluding steroid dienone is 1. The van der Waals surface area contributed by atoms with Gasteiger partial charge in [-0.2, -0.15) is 39.5 Å². The number of ether oxygens (including phenoxy) is 1. The second-order valence-corrected chi connectivity index (χ2v) is 21.9. The molecule has 6 fully saturated rings. The molecule has 6 aliphatic carbocycles. The minimum Gasteiger partial charge on any atom is -0.464 e. The van der Waals surface area contributed by atoms with Crippen molar-refractivity contribution in [3.63, 3.8) is 0 Å². The fraction of sp³-hybridized carbons (Fsp3) is 0.620. The highest BCUT2D eigenvalue weighted by atomic mass is 19.4. The molecular formula is C50H56F9N7O5. The minimum absolute atomic E-state index is 0.0225. The van der Waals surface area contributed by atoms with Crippen molar-refractivity contribution in [2.75, 3.05) is 13.7 Å². The molecule has 0 aromatic carbocycles. The summed E-state index contributed by atoms with van der Waals surface area (Å²) in [5.41, 5.74) is -1.04. The number of esters is 1. The fourth-order valence-electron chi connectivity index (χ4n) is 12.5. The van der Waals surface area contributed by atoms with E-state index >= 15 is 0 Å². The summed E-state index contributed by atoms with van der Waals surface area (Å²) < 4.78 is 118. The summed E-state index contributed by atoms with van der Waals surface area (Å²) in [5, 5.41) is 0. The number of rotatable bonds is 4. The van der Waals surface area contributed by atoms with E-state index in [0.29, 0.717) is 54.7 Å². The zero-order valence-corrected chi connectivity index (χ0v) is 41.0. The van der Waals surface area contributed by atoms with E-state index in [1.54, 1.807) is 0 Å². The van der Waals surface area contributed by atoms with Crippen molar-refractivity contribution in [1.29, 1.82) is 0 Å². The molecule has 10 rings (SSSR count). The van der Waals surface area contributed by atoms with Crippen molar-refractivity contribution in [2.24, 2.45) is 61.2 Å². The number of hydrogen-bond donors (Lipinski definition) is 0. The lowest BCUT2D eigenvalue weighted by molar-refractivity contribution is -0.142. The quantitative estimate of drug-likeness (QED) is 0.106. The van der Waals surface area contributed by atoms with E-state index in [2.05, 4.69) is 76.2 Å². The maximum absolute atomic E-state index is 12.9. The summed E-state index contributed by atoms with van der Waals surface area (Å²) in [5.74, 6) is -1.23. The molecule has 6 saturated carbocycles. The molecule has 7 unspecified atom stereocenters. The first-order valence-electron chi connectivity index (χ1n) is 23.3. The van der Waals surface area contributed by atoms with E-state index in [4.69, 9.17) is 4.99 Å². The van der Waals surface area contributed by atoms with E-state index in [9.17, 15) is 58.7 Å². The lowest BCUT2D eigenvalue weighted by Gasteiger charge is -2.33. The molecule has 3 aromatic rings. The first-order valence-corrected chi connectivity index (χ1v) is 23.3. The highest BCUT2D eigenvalue weighted by Gasteiger charge is 2.68. The number of aromatic nitrogens is 6. The second-order valence-electron chi connectivity index (χ2n) is 21.9. The van der Waals surface area contributed by atoms with Gasteiger partial charge in [-0.3, -0.25) is 19.4 Å². The number of carbonyl (C=O) groups excluding carboxylic acids is 4. The standard InChI is InChI=1S/C17H18F3N3.C16H17F3N2O2.C10H16O.C7H5F3N2O2/c1-15(2)10-4-5-16(15,3)14-13(10)9(7-21-14)11-6-12(17(18,19)20)23-8-22-11;1-14(2)8-4-5-15(14,3)13(23)11(8)12(22)9-6-10(16(17,18)19)21-7-20-9;1-9(2)7-4-5-10(9,3)8(11)6-7;1-14-6(13)4-2-5(7(8,9)10)12-3-11-4/h6,8,10H,4-5,7H2,1-3H3;6-8,11H,4-5H2,1-3H3;7H,4-6H2,1-3H3;2-3H,1H3. The molecule has 71 heavy (non-hydrogen) atoms. The summed E-state index contributed by atoms with van der Waals surface area (Å²) in [6.45, 7) is 19.6. The average Bonchev–Trinajstić information content (AvgIpc) is 4.07. The summed E-state index contributed by atoms with van der Waals surface area (Å²) >= 11 is 0. The lowest BCUT2D eigenvalue weighted by atomic mass is 9.70. The van der Waals surface area contributed by atoms with Crippen LogP contribution in [0.15, 0.2) is 47.7 Å². The van der Waals surface area contributed by atoms with Gasteiger partial charge in [-0.25, -0.2) is 34.7 Å². The van der Waals surface area contributed by atoms with Gasteiger partial charge in [-0.15, -0.1) is 0 Å². The largest absolute Gasteiger partial charge is 0.464 e. The third-order valence-electron chi connectivity index (χ3n) is 18.2. The van der Waals surface area contributed by atoms with Crippen LogP contribution in [0.3, 0.4) is 0 Å². The topological polar surface area (TPSA) is 167 Å². The van der Waals surface area contributed by atoms with E-state index in [-0.39, 0.29) is 44.5 Å². The number of hydrogen-bond acceptors (Lipinski definition) is 12. The maximum atomic E-state index is 12.9. The Hall–Kier alpha value is -5.50. The number of fused-ring (bicyclic) bond motifs is 9. The predicted octanol–water partition coefficient (Wildman–Crippen LogP) is 11.2. The van der Waals surface area contributed by atoms with Crippen molar-refractivity contribution in [2.45, 2.75) is 126 Å². The molecule has 21 heteroatoms. The molecular weight excluding hydrogens is 950 g/mol. The van der Waals surface area contributed by atoms with Gasteiger partial charge in [-0.05, 0) is 90.2 Å². The Morgan fingerprint density at radius 2 is 1.11 bits per heavy atom. The van der Waals surface area contributed by atoms with Gasteiger partial charge in [-0.1, -0.05) is 62.3 Å². The fourth-order valence-corrected chi connectivity index (χ4v) is 12.5. The molecule has 0 saturated heterocycles. The molecule has 0 spiro atoms. The Morgan fingerprint density at radius 3 is 1.58 bits per heavy atom. The van der Waals surface area contributed by atoms with Crippen LogP contribution in [0.5, 0.6) is 0 Å². The highest BCUT2D eigenvalue weighted by Crippen LogP contribution is 2.69. The first-order chi connectivity index (χ1) is 32.6. The first kappa shape index (κ1) is 53.3. The molecule has 3 aromatic heterocycles. The number of Topliss-reactive ketones (excluding diaryl/α,β-unsaturated/α-hetero) is 3. The van der Waals surface area contributed by atoms with E-state index in [1.165, 1.54) is 6.42 Å². The van der Waals surface area contributed by atoms with Crippen LogP contribution in [0.1, 0.15) is 151 Å². The van der Waals surface area contributed by atoms with E-state index < -0.39 is 64.4 Å². The van der Waals surface area contributed by atoms with Gasteiger partial charge in [0.25, 0.3) is 0 Å². The molecule has 12 nitrogen and oxygen atoms in total. The van der Waals surface area contributed by atoms with Crippen molar-refractivity contribution in [3.05, 3.63) is 76.9 Å². The van der Waals surface area contributed by atoms with Crippen molar-refractivity contribution in [1.82, 2.24) is 29.9 Å². The van der Waals surface area contributed by atoms with Crippen LogP contribution in [0.4, 0.5) is 39.5 Å². The monoisotopic (exact) mass is 1010 g/mol. The molecule has 0 amide bonds. The molecule has 0 radical (unpaired) electrons. The van der Waals surface area contributed by atoms with E-state index in [1.807, 2.05) is 20.8 Å². The zero-order chi connectivity index (χ0) is 52.9. The molecule has 0 N–H and O–H groups in total. The summed E-state index contributed by atoms with van der Waals surface area (Å²) in [6, 6.07) is 2.23. The van der Waals surface area contributed by atoms with Gasteiger partial charge in [0.2, 0.25) is 0 Å². The summed E-state index contributed by atoms with van der Waals surface area (Å²) in [6.07, 6.45) is -4.45. The number of halogens is 9. The maximum Gasteiger partial charge on any atom is 0.433 e. The Bertz CT molecular complexity index is 2730. The third kappa shape index (κ3) is 8.67. The van der Waals surface area contributed by atoms with Crippen LogP contribution in [-0.4, -0.2) is 72.6 Å². The lowest BCUT2D eigenvalue weighted by Crippen LogP contribution is -2.35. The minimum atomic E-state index is -4.65. The van der Waals surface area contributed by atoms with Crippen LogP contribution >= 0.6 is 0 Å². The SMILES string of the molecule is CC12CCC(C(C(=O)c3cc(C(F)(F)F)ncn3)C1=O)C2(C)C.CC12CCC(C3=C(c4cc(C(F)(F)F)ncn4)CN=C31)C2(C)C.CC12CCC(CC1=O)C2(C)C.COC(=O)c1cc(C(F)(F)F)ncn1. The third-order valence-corrected chi connectivity index (χ3v) is 18.2. The number of aliphatic imine (C=N–C) groups is 1. The van der Waals surface area contributed by atoms with Crippen LogP contribution in [-0.2, 0) is 32.9 Å². The van der Waals surface area contributed by atoms with Crippen LogP contribution in [0, 0.1) is 56.2 Å². The average molecular weight is 1010 g/mol. The molecule has 384 valence electrons. The smallest absolute Gasteiger partial charge is 0.433 e. The van der Waals surface area contributed by atoms with Gasteiger partial charge in [0.15, 0.2) is 11.5 Å². The summed E-state index contributed by atoms with van der Waals surface area (Å²) in [4.78, 5) is 73.1. The zero-order valence-electron chi connectivity index (χ0n) is 41.0. The van der Waals surface area contributed by atoms with Crippen molar-refractivity contribution >= 4 is 34.6 Å². The Morgan fingerprint density at radius 1 is 0.606 bits per heavy atom. The number of nitrogens with zero attached hydrogens (tertiary/aromatic N) is 7. The van der Waals surface area contributed by atoms with Crippen molar-refractivity contribution in [3.8, 4) is 0 Å². The molecule has 1 aliphatic heterocycles. The molecule has 7 atom stereocenters. The Kier molecular flexibility index (Phi) is 13.2. The predicted molar refractivity (Wildman–Crippen MR) is 238 cm³/mol. The van der Waals surface area contributed by atoms with Crippen LogP contribution in [0.2, 0.25) is 0 Å². The Labute approximate surface area is 404 Å². The van der Waals surface area contributed by atoms with Gasteiger partial charge < -0.3 is 4.74 Å². The number of carbonyl (C=O) groups is 4. The normalized spacial score (nSPS) is 30.2. The molecule has 6 bridgehead atoms. The van der Waals surface area contributed by atoms with E-state index in [0.717, 1.165) is 74.8 Å². The van der Waals surface area contributed by atoms with Gasteiger partial charge >= 0.3 is 24.5 Å². The van der Waals surface area contributed by atoms with Crippen molar-refractivity contribution < 1.29 is 63.4 Å². The van der Waals surface area contributed by atoms with Crippen LogP contribution in [0.25, 0.3) is 5.57 Å². The Balaban J connectivity index is 0.000000145. The van der Waals surface area contributed by atoms with Gasteiger partial charge in [0.1, 0.15) is 53.3 Å². The number of alkyl halides is 9. The summed E-state index contributed by atoms with van der Waals surface area (Å²) in [7, 11) is 1.05. The van der Waals surface area contributed by atoms with Gasteiger partial charge in [0.05, 0.1) is 25.3 Å².